The minimum atomic E-state index is -0.138. The summed E-state index contributed by atoms with van der Waals surface area (Å²) < 4.78 is 6.07. The lowest BCUT2D eigenvalue weighted by Crippen LogP contribution is -2.33. The molecule has 0 saturated carbocycles. The van der Waals surface area contributed by atoms with Gasteiger partial charge in [0.05, 0.1) is 0 Å². The van der Waals surface area contributed by atoms with Crippen molar-refractivity contribution in [1.29, 1.82) is 0 Å². The van der Waals surface area contributed by atoms with Crippen LogP contribution < -0.4 is 0 Å². The molecule has 0 spiro atoms. The molecule has 1 rings (SSSR count). The van der Waals surface area contributed by atoms with Gasteiger partial charge in [-0.05, 0) is 129 Å². The van der Waals surface area contributed by atoms with E-state index in [-0.39, 0.29) is 12.2 Å². The number of ether oxygens (including phenoxy) is 1. The molecule has 0 saturated heterocycles. The van der Waals surface area contributed by atoms with E-state index in [1.54, 1.807) is 4.90 Å². The molecular formula is C44H80N2O2. The summed E-state index contributed by atoms with van der Waals surface area (Å²) in [6.07, 6.45) is 49.8. The fourth-order valence-electron chi connectivity index (χ4n) is 6.69. The largest absolute Gasteiger partial charge is 0.446 e. The quantitative estimate of drug-likeness (QED) is 0.241. The zero-order valence-electron chi connectivity index (χ0n) is 32.7. The summed E-state index contributed by atoms with van der Waals surface area (Å²) in [5.41, 5.74) is 0. The van der Waals surface area contributed by atoms with Crippen LogP contribution in [-0.2, 0) is 4.74 Å². The lowest BCUT2D eigenvalue weighted by Gasteiger charge is -2.23. The monoisotopic (exact) mass is 669 g/mol. The van der Waals surface area contributed by atoms with E-state index in [4.69, 9.17) is 4.74 Å². The van der Waals surface area contributed by atoms with Crippen LogP contribution in [0, 0.1) is 11.8 Å². The number of carbonyl (C=O) groups excluding carboxylic acids is 1. The molecule has 0 heterocycles. The van der Waals surface area contributed by atoms with Crippen molar-refractivity contribution in [3.63, 3.8) is 0 Å². The zero-order chi connectivity index (χ0) is 34.9. The molecule has 1 aliphatic rings. The number of allylic oxidation sites excluding steroid dienone is 8. The van der Waals surface area contributed by atoms with Gasteiger partial charge < -0.3 is 14.5 Å². The molecule has 278 valence electrons. The number of hydrogen-bond donors (Lipinski definition) is 0. The molecule has 0 N–H and O–H groups in total. The molecule has 0 aromatic heterocycles. The Labute approximate surface area is 299 Å². The van der Waals surface area contributed by atoms with Gasteiger partial charge in [0, 0.05) is 13.6 Å². The minimum absolute atomic E-state index is 0.0621. The normalized spacial score (nSPS) is 23.2. The van der Waals surface area contributed by atoms with E-state index in [0.29, 0.717) is 5.92 Å². The maximum atomic E-state index is 12.9. The van der Waals surface area contributed by atoms with Gasteiger partial charge in [0.15, 0.2) is 0 Å². The van der Waals surface area contributed by atoms with Crippen molar-refractivity contribution in [2.45, 2.75) is 180 Å². The topological polar surface area (TPSA) is 32.8 Å². The second-order valence-corrected chi connectivity index (χ2v) is 15.0. The van der Waals surface area contributed by atoms with Gasteiger partial charge in [-0.25, -0.2) is 4.79 Å². The lowest BCUT2D eigenvalue weighted by atomic mass is 9.85. The maximum Gasteiger partial charge on any atom is 0.409 e. The van der Waals surface area contributed by atoms with Gasteiger partial charge in [-0.15, -0.1) is 0 Å². The maximum absolute atomic E-state index is 12.9. The van der Waals surface area contributed by atoms with E-state index >= 15 is 0 Å². The van der Waals surface area contributed by atoms with Crippen molar-refractivity contribution in [3.8, 4) is 0 Å². The van der Waals surface area contributed by atoms with E-state index in [2.05, 4.69) is 81.5 Å². The van der Waals surface area contributed by atoms with Gasteiger partial charge in [0.1, 0.15) is 6.10 Å². The fourth-order valence-corrected chi connectivity index (χ4v) is 6.69. The summed E-state index contributed by atoms with van der Waals surface area (Å²) in [6, 6.07) is 0. The zero-order valence-corrected chi connectivity index (χ0v) is 32.7. The van der Waals surface area contributed by atoms with Crippen molar-refractivity contribution in [3.05, 3.63) is 48.6 Å². The van der Waals surface area contributed by atoms with Crippen LogP contribution >= 0.6 is 0 Å². The average Bonchev–Trinajstić information content (AvgIpc) is 3.06. The van der Waals surface area contributed by atoms with Crippen LogP contribution in [0.15, 0.2) is 48.6 Å². The predicted octanol–water partition coefficient (Wildman–Crippen LogP) is 13.2. The second kappa shape index (κ2) is 32.4. The highest BCUT2D eigenvalue weighted by Gasteiger charge is 2.17. The van der Waals surface area contributed by atoms with Gasteiger partial charge in [0.2, 0.25) is 0 Å². The van der Waals surface area contributed by atoms with Crippen LogP contribution in [0.25, 0.3) is 0 Å². The van der Waals surface area contributed by atoms with E-state index < -0.39 is 0 Å². The molecule has 0 aromatic rings. The number of hydrogen-bond acceptors (Lipinski definition) is 3. The highest BCUT2D eigenvalue weighted by molar-refractivity contribution is 5.67. The summed E-state index contributed by atoms with van der Waals surface area (Å²) >= 11 is 0. The van der Waals surface area contributed by atoms with Crippen molar-refractivity contribution >= 4 is 6.09 Å². The lowest BCUT2D eigenvalue weighted by molar-refractivity contribution is 0.0577. The van der Waals surface area contributed by atoms with E-state index in [1.807, 2.05) is 7.05 Å². The number of amides is 1. The first-order chi connectivity index (χ1) is 23.4. The molecular weight excluding hydrogens is 588 g/mol. The third-order valence-electron chi connectivity index (χ3n) is 10.0. The Morgan fingerprint density at radius 2 is 1.17 bits per heavy atom. The second-order valence-electron chi connectivity index (χ2n) is 15.0. The Bertz CT molecular complexity index is 845. The average molecular weight is 669 g/mol. The van der Waals surface area contributed by atoms with Gasteiger partial charge >= 0.3 is 6.09 Å². The molecule has 4 nitrogen and oxygen atoms in total. The molecule has 1 amide bonds. The molecule has 0 bridgehead atoms. The highest BCUT2D eigenvalue weighted by atomic mass is 16.6. The summed E-state index contributed by atoms with van der Waals surface area (Å²) in [7, 11) is 6.04. The molecule has 48 heavy (non-hydrogen) atoms. The van der Waals surface area contributed by atoms with Gasteiger partial charge in [0.25, 0.3) is 0 Å². The van der Waals surface area contributed by atoms with Crippen LogP contribution in [-0.4, -0.2) is 56.2 Å². The number of rotatable bonds is 8. The molecule has 0 aromatic carbocycles. The molecule has 3 unspecified atom stereocenters. The van der Waals surface area contributed by atoms with Gasteiger partial charge in [-0.2, -0.15) is 0 Å². The third-order valence-corrected chi connectivity index (χ3v) is 10.0. The summed E-state index contributed by atoms with van der Waals surface area (Å²) in [5, 5.41) is 0. The van der Waals surface area contributed by atoms with E-state index in [9.17, 15) is 4.79 Å². The Morgan fingerprint density at radius 3 is 1.77 bits per heavy atom. The predicted molar refractivity (Wildman–Crippen MR) is 212 cm³/mol. The summed E-state index contributed by atoms with van der Waals surface area (Å²) in [6.45, 7) is 6.52. The first-order valence-electron chi connectivity index (χ1n) is 20.6. The van der Waals surface area contributed by atoms with Crippen molar-refractivity contribution in [1.82, 2.24) is 9.80 Å². The van der Waals surface area contributed by atoms with Crippen LogP contribution in [0.5, 0.6) is 0 Å². The van der Waals surface area contributed by atoms with Crippen molar-refractivity contribution in [2.75, 3.05) is 34.2 Å². The first-order valence-corrected chi connectivity index (χ1v) is 20.6. The van der Waals surface area contributed by atoms with Crippen molar-refractivity contribution < 1.29 is 9.53 Å². The van der Waals surface area contributed by atoms with Crippen LogP contribution in [0.1, 0.15) is 174 Å². The summed E-state index contributed by atoms with van der Waals surface area (Å²) in [5.74, 6) is 1.46. The molecule has 0 aliphatic heterocycles. The molecule has 0 fully saturated rings. The number of unbranched alkanes of at least 4 members (excludes halogenated alkanes) is 1. The molecule has 0 radical (unpaired) electrons. The number of carbonyl (C=O) groups is 1. The fraction of sp³-hybridized carbons (Fsp3) is 0.795. The van der Waals surface area contributed by atoms with E-state index in [0.717, 1.165) is 57.5 Å². The highest BCUT2D eigenvalue weighted by Crippen LogP contribution is 2.25. The van der Waals surface area contributed by atoms with Gasteiger partial charge in [-0.1, -0.05) is 127 Å². The Morgan fingerprint density at radius 1 is 0.625 bits per heavy atom. The molecule has 1 aliphatic carbocycles. The van der Waals surface area contributed by atoms with Crippen molar-refractivity contribution in [2.24, 2.45) is 11.8 Å². The first kappa shape index (κ1) is 44.2. The van der Waals surface area contributed by atoms with Crippen LogP contribution in [0.3, 0.4) is 0 Å². The SMILES string of the molecule is CCCCC1C=CCC=CCCCCCCCCC(OC(=O)N(C)CCCN(C)C)CCCCCCCCC=CCCC=CCCC1C. The third kappa shape index (κ3) is 27.1. The standard InChI is InChI=1S/C44H80N2O2/c1-6-7-35-42-36-30-26-22-18-14-12-16-20-24-28-32-38-43(48-44(47)46(5)40-33-39-45(3)4)37-31-27-23-19-15-11-9-8-10-13-17-21-25-29-34-41(42)2/h8,10,18,21-22,25,30,36,41-43H,6-7,9,11-17,19-20,23-24,26-29,31-35,37-40H2,1-5H3. The Hall–Kier alpha value is -1.81. The van der Waals surface area contributed by atoms with Gasteiger partial charge in [-0.3, -0.25) is 0 Å². The summed E-state index contributed by atoms with van der Waals surface area (Å²) in [4.78, 5) is 16.8. The number of nitrogens with zero attached hydrogens (tertiary/aromatic N) is 2. The molecule has 4 heteroatoms. The van der Waals surface area contributed by atoms with Crippen LogP contribution in [0.2, 0.25) is 0 Å². The molecule has 3 atom stereocenters. The van der Waals surface area contributed by atoms with Crippen LogP contribution in [0.4, 0.5) is 4.79 Å². The minimum Gasteiger partial charge on any atom is -0.446 e. The Balaban J connectivity index is 2.59. The van der Waals surface area contributed by atoms with E-state index in [1.165, 1.54) is 122 Å². The Kier molecular flexibility index (Phi) is 29.8. The smallest absolute Gasteiger partial charge is 0.409 e.